The van der Waals surface area contributed by atoms with Crippen molar-refractivity contribution >= 4 is 43.7 Å². The van der Waals surface area contributed by atoms with Gasteiger partial charge in [0.2, 0.25) is 0 Å². The van der Waals surface area contributed by atoms with Gasteiger partial charge in [-0.2, -0.15) is 21.9 Å². The number of nitrogens with one attached hydrogen (secondary N) is 3. The van der Waals surface area contributed by atoms with Crippen molar-refractivity contribution in [2.45, 2.75) is 32.8 Å². The first-order valence-corrected chi connectivity index (χ1v) is 17.7. The number of aliphatic hydroxyl groups excluding tert-OH is 1. The maximum atomic E-state index is 14.9. The zero-order valence-electron chi connectivity index (χ0n) is 27.3. The van der Waals surface area contributed by atoms with Crippen LogP contribution in [0.3, 0.4) is 0 Å². The number of halogens is 1. The fourth-order valence-electron chi connectivity index (χ4n) is 3.61. The van der Waals surface area contributed by atoms with E-state index in [2.05, 4.69) is 26.0 Å². The van der Waals surface area contributed by atoms with Crippen LogP contribution in [0.2, 0.25) is 0 Å². The number of rotatable bonds is 7. The number of amides is 3. The summed E-state index contributed by atoms with van der Waals surface area (Å²) >= 11 is 0. The van der Waals surface area contributed by atoms with Crippen molar-refractivity contribution in [3.8, 4) is 17.2 Å². The highest BCUT2D eigenvalue weighted by Gasteiger charge is 2.22. The molecule has 4 rings (SSSR count). The standard InChI is InChI=1S/C28H29FN6O4.2CH4O3S/c1-28(2,3)24-15-25(35(34-24)18-7-5-6-17(12-18)16-36)33-27(38)32-22-9-8-19(13-21(22)29)39-20-10-11-31-23(14-20)26(37)30-4;2*1-5(2,3)4/h5-15,36H,16H2,1-4H3,(H,30,37)(H2,32,33,38);2*1H3,(H,2,3,4). The summed E-state index contributed by atoms with van der Waals surface area (Å²) in [5, 5.41) is 21.9. The number of aliphatic hydroxyl groups is 1. The maximum absolute atomic E-state index is 14.9. The summed E-state index contributed by atoms with van der Waals surface area (Å²) in [7, 11) is -5.85. The van der Waals surface area contributed by atoms with Crippen LogP contribution >= 0.6 is 0 Å². The number of urea groups is 1. The van der Waals surface area contributed by atoms with Crippen LogP contribution in [0.1, 0.15) is 42.5 Å². The molecule has 0 aliphatic heterocycles. The van der Waals surface area contributed by atoms with Crippen molar-refractivity contribution in [1.29, 1.82) is 0 Å². The molecule has 2 heterocycles. The number of anilines is 2. The molecule has 0 spiro atoms. The van der Waals surface area contributed by atoms with Gasteiger partial charge in [0.05, 0.1) is 36.2 Å². The highest BCUT2D eigenvalue weighted by atomic mass is 32.2. The smallest absolute Gasteiger partial charge is 0.324 e. The first-order valence-electron chi connectivity index (χ1n) is 14.0. The van der Waals surface area contributed by atoms with Gasteiger partial charge in [-0.1, -0.05) is 32.9 Å². The predicted molar refractivity (Wildman–Crippen MR) is 180 cm³/mol. The highest BCUT2D eigenvalue weighted by Crippen LogP contribution is 2.28. The minimum Gasteiger partial charge on any atom is -0.457 e. The van der Waals surface area contributed by atoms with Gasteiger partial charge >= 0.3 is 6.03 Å². The van der Waals surface area contributed by atoms with E-state index >= 15 is 0 Å². The lowest BCUT2D eigenvalue weighted by Gasteiger charge is -2.14. The molecule has 0 unspecified atom stereocenters. The molecule has 0 aliphatic carbocycles. The van der Waals surface area contributed by atoms with E-state index in [0.717, 1.165) is 11.8 Å². The summed E-state index contributed by atoms with van der Waals surface area (Å²) in [4.78, 5) is 28.6. The van der Waals surface area contributed by atoms with E-state index in [9.17, 15) is 35.9 Å². The minimum absolute atomic E-state index is 0.0648. The zero-order valence-corrected chi connectivity index (χ0v) is 28.9. The summed E-state index contributed by atoms with van der Waals surface area (Å²) < 4.78 is 73.8. The molecule has 0 radical (unpaired) electrons. The normalized spacial score (nSPS) is 11.2. The fraction of sp³-hybridized carbons (Fsp3) is 0.267. The lowest BCUT2D eigenvalue weighted by atomic mass is 9.92. The molecular formula is C30H37FN6O10S2. The Bertz CT molecular complexity index is 1950. The summed E-state index contributed by atoms with van der Waals surface area (Å²) in [6.45, 7) is 5.86. The molecule has 49 heavy (non-hydrogen) atoms. The van der Waals surface area contributed by atoms with Crippen molar-refractivity contribution in [2.75, 3.05) is 30.2 Å². The van der Waals surface area contributed by atoms with Crippen molar-refractivity contribution in [3.63, 3.8) is 0 Å². The molecule has 6 N–H and O–H groups in total. The van der Waals surface area contributed by atoms with Crippen LogP contribution in [0.15, 0.2) is 66.9 Å². The average molecular weight is 725 g/mol. The second-order valence-corrected chi connectivity index (χ2v) is 14.1. The summed E-state index contributed by atoms with van der Waals surface area (Å²) in [5.41, 5.74) is 1.86. The molecule has 19 heteroatoms. The molecule has 0 bridgehead atoms. The second kappa shape index (κ2) is 16.9. The molecule has 266 valence electrons. The van der Waals surface area contributed by atoms with Crippen molar-refractivity contribution in [2.24, 2.45) is 0 Å². The van der Waals surface area contributed by atoms with E-state index in [-0.39, 0.29) is 35.1 Å². The first kappa shape index (κ1) is 40.2. The van der Waals surface area contributed by atoms with Crippen molar-refractivity contribution in [1.82, 2.24) is 20.1 Å². The van der Waals surface area contributed by atoms with Crippen LogP contribution < -0.4 is 20.7 Å². The second-order valence-electron chi connectivity index (χ2n) is 11.1. The van der Waals surface area contributed by atoms with Gasteiger partial charge in [0, 0.05) is 36.9 Å². The van der Waals surface area contributed by atoms with Crippen LogP contribution in [0.25, 0.3) is 5.69 Å². The third kappa shape index (κ3) is 14.8. The van der Waals surface area contributed by atoms with E-state index in [1.54, 1.807) is 35.0 Å². The molecule has 4 aromatic rings. The SMILES string of the molecule is CNC(=O)c1cc(Oc2ccc(NC(=O)Nc3cc(C(C)(C)C)nn3-c3cccc(CO)c3)c(F)c2)ccn1.CS(=O)(=O)O.CS(=O)(=O)O. The van der Waals surface area contributed by atoms with Crippen molar-refractivity contribution in [3.05, 3.63) is 89.6 Å². The van der Waals surface area contributed by atoms with Gasteiger partial charge in [-0.15, -0.1) is 0 Å². The van der Waals surface area contributed by atoms with Gasteiger partial charge in [-0.3, -0.25) is 24.2 Å². The first-order chi connectivity index (χ1) is 22.6. The molecule has 2 aromatic carbocycles. The summed E-state index contributed by atoms with van der Waals surface area (Å²) in [6.07, 6.45) is 2.84. The Kier molecular flexibility index (Phi) is 13.9. The Balaban J connectivity index is 0.000000730. The zero-order chi connectivity index (χ0) is 37.2. The number of pyridine rings is 1. The predicted octanol–water partition coefficient (Wildman–Crippen LogP) is 4.00. The largest absolute Gasteiger partial charge is 0.457 e. The quantitative estimate of drug-likeness (QED) is 0.148. The molecule has 0 fully saturated rings. The van der Waals surface area contributed by atoms with Crippen LogP contribution in [-0.4, -0.2) is 77.3 Å². The van der Waals surface area contributed by atoms with Gasteiger partial charge in [-0.25, -0.2) is 13.9 Å². The number of nitrogens with zero attached hydrogens (tertiary/aromatic N) is 3. The average Bonchev–Trinajstić information content (AvgIpc) is 3.41. The number of hydrogen-bond acceptors (Lipinski definition) is 10. The number of carbonyl (C=O) groups excluding carboxylic acids is 2. The van der Waals surface area contributed by atoms with Crippen LogP contribution in [0, 0.1) is 5.82 Å². The van der Waals surface area contributed by atoms with E-state index in [1.165, 1.54) is 37.5 Å². The number of benzene rings is 2. The van der Waals surface area contributed by atoms with E-state index in [4.69, 9.17) is 13.8 Å². The van der Waals surface area contributed by atoms with Gasteiger partial charge in [0.25, 0.3) is 26.1 Å². The molecule has 0 saturated carbocycles. The molecule has 0 saturated heterocycles. The number of aromatic nitrogens is 3. The van der Waals surface area contributed by atoms with E-state index < -0.39 is 32.1 Å². The molecule has 3 amide bonds. The van der Waals surface area contributed by atoms with E-state index in [1.807, 2.05) is 20.8 Å². The van der Waals surface area contributed by atoms with E-state index in [0.29, 0.717) is 35.3 Å². The third-order valence-corrected chi connectivity index (χ3v) is 5.67. The lowest BCUT2D eigenvalue weighted by molar-refractivity contribution is 0.0957. The Labute approximate surface area is 282 Å². The number of ether oxygens (including phenoxy) is 1. The summed E-state index contributed by atoms with van der Waals surface area (Å²) in [5.74, 6) is -0.256. The van der Waals surface area contributed by atoms with Crippen LogP contribution in [-0.2, 0) is 32.3 Å². The van der Waals surface area contributed by atoms with Crippen molar-refractivity contribution < 1.29 is 49.8 Å². The molecule has 16 nitrogen and oxygen atoms in total. The molecule has 0 atom stereocenters. The van der Waals surface area contributed by atoms with Crippen LogP contribution in [0.5, 0.6) is 11.5 Å². The van der Waals surface area contributed by atoms with Crippen LogP contribution in [0.4, 0.5) is 20.7 Å². The monoisotopic (exact) mass is 724 g/mol. The Morgan fingerprint density at radius 1 is 0.918 bits per heavy atom. The highest BCUT2D eigenvalue weighted by molar-refractivity contribution is 7.85. The molecule has 0 aliphatic rings. The topological polar surface area (TPSA) is 239 Å². The molecule has 2 aromatic heterocycles. The lowest BCUT2D eigenvalue weighted by Crippen LogP contribution is -2.22. The fourth-order valence-corrected chi connectivity index (χ4v) is 3.61. The number of carbonyl (C=O) groups is 2. The maximum Gasteiger partial charge on any atom is 0.324 e. The molecular weight excluding hydrogens is 687 g/mol. The Morgan fingerprint density at radius 3 is 2.08 bits per heavy atom. The van der Waals surface area contributed by atoms with Gasteiger partial charge < -0.3 is 20.5 Å². The third-order valence-electron chi connectivity index (χ3n) is 5.67. The van der Waals surface area contributed by atoms with Gasteiger partial charge in [0.1, 0.15) is 28.8 Å². The summed E-state index contributed by atoms with van der Waals surface area (Å²) in [6, 6.07) is 15.2. The Hall–Kier alpha value is -4.95. The van der Waals surface area contributed by atoms with Gasteiger partial charge in [0.15, 0.2) is 0 Å². The van der Waals surface area contributed by atoms with Gasteiger partial charge in [-0.05, 0) is 35.9 Å². The number of hydrogen-bond donors (Lipinski definition) is 6. The Morgan fingerprint density at radius 2 is 1.53 bits per heavy atom. The minimum atomic E-state index is -3.67.